The van der Waals surface area contributed by atoms with Gasteiger partial charge in [-0.05, 0) is 45.2 Å². The summed E-state index contributed by atoms with van der Waals surface area (Å²) in [6.07, 6.45) is 8.94. The molecular formula is C14H28N2O. The molecule has 0 spiro atoms. The van der Waals surface area contributed by atoms with Gasteiger partial charge in [0.05, 0.1) is 6.10 Å². The Morgan fingerprint density at radius 2 is 1.94 bits per heavy atom. The molecule has 1 heterocycles. The van der Waals surface area contributed by atoms with Crippen LogP contribution in [0.25, 0.3) is 0 Å². The van der Waals surface area contributed by atoms with Crippen molar-refractivity contribution in [1.29, 1.82) is 0 Å². The van der Waals surface area contributed by atoms with Crippen molar-refractivity contribution in [1.82, 2.24) is 10.2 Å². The van der Waals surface area contributed by atoms with E-state index in [-0.39, 0.29) is 6.10 Å². The molecule has 17 heavy (non-hydrogen) atoms. The molecule has 100 valence electrons. The lowest BCUT2D eigenvalue weighted by Gasteiger charge is -2.35. The molecule has 0 aromatic heterocycles. The standard InChI is InChI=1S/C14H28N2O/c1-15-14-8-4-2-3-6-12(14)10-16-9-5-7-13(17)11-16/h12-15,17H,2-11H2,1H3. The molecule has 0 radical (unpaired) electrons. The Bertz CT molecular complexity index is 222. The summed E-state index contributed by atoms with van der Waals surface area (Å²) in [5.74, 6) is 0.785. The van der Waals surface area contributed by atoms with Crippen molar-refractivity contribution in [3.8, 4) is 0 Å². The number of piperidine rings is 1. The maximum Gasteiger partial charge on any atom is 0.0667 e. The molecule has 0 amide bonds. The number of aliphatic hydroxyl groups is 1. The van der Waals surface area contributed by atoms with Gasteiger partial charge in [-0.2, -0.15) is 0 Å². The highest BCUT2D eigenvalue weighted by Crippen LogP contribution is 2.25. The average Bonchev–Trinajstić information content (AvgIpc) is 2.54. The predicted octanol–water partition coefficient (Wildman–Crippen LogP) is 1.61. The van der Waals surface area contributed by atoms with Crippen molar-refractivity contribution in [2.75, 3.05) is 26.7 Å². The number of likely N-dealkylation sites (tertiary alicyclic amines) is 1. The number of hydrogen-bond acceptors (Lipinski definition) is 3. The fourth-order valence-corrected chi connectivity index (χ4v) is 3.51. The zero-order valence-corrected chi connectivity index (χ0v) is 11.2. The number of nitrogens with one attached hydrogen (secondary N) is 1. The second-order valence-electron chi connectivity index (χ2n) is 5.85. The molecule has 2 fully saturated rings. The zero-order chi connectivity index (χ0) is 12.1. The highest BCUT2D eigenvalue weighted by molar-refractivity contribution is 4.83. The van der Waals surface area contributed by atoms with Gasteiger partial charge in [0.2, 0.25) is 0 Å². The van der Waals surface area contributed by atoms with Crippen LogP contribution < -0.4 is 5.32 Å². The number of β-amino-alcohol motifs (C(OH)–C–C–N with tert-alkyl or cyclic N) is 1. The molecular weight excluding hydrogens is 212 g/mol. The Labute approximate surface area is 106 Å². The van der Waals surface area contributed by atoms with E-state index in [1.807, 2.05) is 0 Å². The summed E-state index contributed by atoms with van der Waals surface area (Å²) in [7, 11) is 2.11. The van der Waals surface area contributed by atoms with E-state index < -0.39 is 0 Å². The SMILES string of the molecule is CNC1CCCCCC1CN1CCCC(O)C1. The minimum absolute atomic E-state index is 0.0810. The quantitative estimate of drug-likeness (QED) is 0.736. The predicted molar refractivity (Wildman–Crippen MR) is 71.1 cm³/mol. The Balaban J connectivity index is 1.85. The number of hydrogen-bond donors (Lipinski definition) is 2. The van der Waals surface area contributed by atoms with Gasteiger partial charge in [0.1, 0.15) is 0 Å². The van der Waals surface area contributed by atoms with Crippen LogP contribution in [-0.4, -0.2) is 48.8 Å². The molecule has 2 rings (SSSR count). The molecule has 0 bridgehead atoms. The van der Waals surface area contributed by atoms with Gasteiger partial charge in [0, 0.05) is 19.1 Å². The van der Waals surface area contributed by atoms with E-state index in [0.29, 0.717) is 6.04 Å². The van der Waals surface area contributed by atoms with Gasteiger partial charge in [-0.25, -0.2) is 0 Å². The highest BCUT2D eigenvalue weighted by Gasteiger charge is 2.26. The van der Waals surface area contributed by atoms with Gasteiger partial charge in [0.25, 0.3) is 0 Å². The largest absolute Gasteiger partial charge is 0.392 e. The van der Waals surface area contributed by atoms with Crippen molar-refractivity contribution in [3.63, 3.8) is 0 Å². The summed E-state index contributed by atoms with van der Waals surface area (Å²) in [5.41, 5.74) is 0. The molecule has 1 aliphatic carbocycles. The fourth-order valence-electron chi connectivity index (χ4n) is 3.51. The van der Waals surface area contributed by atoms with Crippen LogP contribution in [-0.2, 0) is 0 Å². The smallest absolute Gasteiger partial charge is 0.0667 e. The van der Waals surface area contributed by atoms with Crippen molar-refractivity contribution in [3.05, 3.63) is 0 Å². The Hall–Kier alpha value is -0.120. The van der Waals surface area contributed by atoms with Crippen molar-refractivity contribution in [2.45, 2.75) is 57.1 Å². The maximum absolute atomic E-state index is 9.73. The Kier molecular flexibility index (Phi) is 5.26. The minimum atomic E-state index is -0.0810. The van der Waals surface area contributed by atoms with Gasteiger partial charge in [0.15, 0.2) is 0 Å². The second-order valence-corrected chi connectivity index (χ2v) is 5.85. The lowest BCUT2D eigenvalue weighted by atomic mass is 9.93. The first-order valence-corrected chi connectivity index (χ1v) is 7.37. The third kappa shape index (κ3) is 3.94. The van der Waals surface area contributed by atoms with Crippen LogP contribution in [0.15, 0.2) is 0 Å². The summed E-state index contributed by atoms with van der Waals surface area (Å²) in [6.45, 7) is 3.26. The fraction of sp³-hybridized carbons (Fsp3) is 1.00. The van der Waals surface area contributed by atoms with Gasteiger partial charge >= 0.3 is 0 Å². The van der Waals surface area contributed by atoms with E-state index >= 15 is 0 Å². The zero-order valence-electron chi connectivity index (χ0n) is 11.2. The molecule has 3 atom stereocenters. The van der Waals surface area contributed by atoms with Crippen LogP contribution in [0.3, 0.4) is 0 Å². The number of nitrogens with zero attached hydrogens (tertiary/aromatic N) is 1. The minimum Gasteiger partial charge on any atom is -0.392 e. The van der Waals surface area contributed by atoms with Crippen LogP contribution in [0.4, 0.5) is 0 Å². The summed E-state index contributed by atoms with van der Waals surface area (Å²) in [5, 5.41) is 13.2. The highest BCUT2D eigenvalue weighted by atomic mass is 16.3. The Morgan fingerprint density at radius 3 is 2.71 bits per heavy atom. The van der Waals surface area contributed by atoms with Crippen molar-refractivity contribution >= 4 is 0 Å². The Morgan fingerprint density at radius 1 is 1.12 bits per heavy atom. The molecule has 2 N–H and O–H groups in total. The third-order valence-electron chi connectivity index (χ3n) is 4.50. The number of rotatable bonds is 3. The van der Waals surface area contributed by atoms with Crippen LogP contribution in [0.1, 0.15) is 44.9 Å². The molecule has 3 heteroatoms. The van der Waals surface area contributed by atoms with E-state index in [0.717, 1.165) is 25.3 Å². The van der Waals surface area contributed by atoms with Crippen molar-refractivity contribution in [2.24, 2.45) is 5.92 Å². The van der Waals surface area contributed by atoms with Crippen LogP contribution in [0.5, 0.6) is 0 Å². The van der Waals surface area contributed by atoms with E-state index in [1.54, 1.807) is 0 Å². The topological polar surface area (TPSA) is 35.5 Å². The molecule has 3 unspecified atom stereocenters. The molecule has 0 aromatic carbocycles. The monoisotopic (exact) mass is 240 g/mol. The second kappa shape index (κ2) is 6.72. The van der Waals surface area contributed by atoms with Crippen LogP contribution in [0.2, 0.25) is 0 Å². The summed E-state index contributed by atoms with van der Waals surface area (Å²) in [6, 6.07) is 0.691. The molecule has 0 aromatic rings. The van der Waals surface area contributed by atoms with E-state index in [2.05, 4.69) is 17.3 Å². The first-order valence-electron chi connectivity index (χ1n) is 7.37. The normalized spacial score (nSPS) is 36.7. The number of aliphatic hydroxyl groups excluding tert-OH is 1. The summed E-state index contributed by atoms with van der Waals surface area (Å²) >= 11 is 0. The van der Waals surface area contributed by atoms with Gasteiger partial charge in [-0.3, -0.25) is 0 Å². The van der Waals surface area contributed by atoms with Crippen LogP contribution >= 0.6 is 0 Å². The van der Waals surface area contributed by atoms with Crippen molar-refractivity contribution < 1.29 is 5.11 Å². The molecule has 1 saturated carbocycles. The molecule has 3 nitrogen and oxygen atoms in total. The average molecular weight is 240 g/mol. The van der Waals surface area contributed by atoms with Gasteiger partial charge in [-0.15, -0.1) is 0 Å². The van der Waals surface area contributed by atoms with Gasteiger partial charge < -0.3 is 15.3 Å². The first kappa shape index (κ1) is 13.3. The summed E-state index contributed by atoms with van der Waals surface area (Å²) in [4.78, 5) is 2.48. The first-order chi connectivity index (χ1) is 8.29. The van der Waals surface area contributed by atoms with Gasteiger partial charge in [-0.1, -0.05) is 19.3 Å². The van der Waals surface area contributed by atoms with E-state index in [4.69, 9.17) is 0 Å². The third-order valence-corrected chi connectivity index (χ3v) is 4.50. The maximum atomic E-state index is 9.73. The van der Waals surface area contributed by atoms with Crippen LogP contribution in [0, 0.1) is 5.92 Å². The van der Waals surface area contributed by atoms with E-state index in [1.165, 1.54) is 45.2 Å². The summed E-state index contributed by atoms with van der Waals surface area (Å²) < 4.78 is 0. The molecule has 2 aliphatic rings. The lowest BCUT2D eigenvalue weighted by molar-refractivity contribution is 0.0574. The lowest BCUT2D eigenvalue weighted by Crippen LogP contribution is -2.45. The van der Waals surface area contributed by atoms with E-state index in [9.17, 15) is 5.11 Å². The molecule has 1 saturated heterocycles. The molecule has 1 aliphatic heterocycles.